The number of hydrogen-bond donors (Lipinski definition) is 3. The summed E-state index contributed by atoms with van der Waals surface area (Å²) in [5.41, 5.74) is 0. The Morgan fingerprint density at radius 2 is 2.20 bits per heavy atom. The lowest BCUT2D eigenvalue weighted by Gasteiger charge is -2.23. The van der Waals surface area contributed by atoms with Gasteiger partial charge in [-0.05, 0) is 12.3 Å². The van der Waals surface area contributed by atoms with Gasteiger partial charge < -0.3 is 10.4 Å². The minimum Gasteiger partial charge on any atom is -0.396 e. The van der Waals surface area contributed by atoms with Crippen LogP contribution in [0, 0.1) is 5.92 Å². The van der Waals surface area contributed by atoms with Crippen LogP contribution in [0.4, 0.5) is 0 Å². The van der Waals surface area contributed by atoms with Crippen molar-refractivity contribution in [1.29, 1.82) is 0 Å². The van der Waals surface area contributed by atoms with Crippen molar-refractivity contribution in [3.63, 3.8) is 0 Å². The summed E-state index contributed by atoms with van der Waals surface area (Å²) >= 11 is 0. The number of nitrogens with one attached hydrogen (secondary N) is 2. The Hall–Kier alpha value is -0.940. The highest BCUT2D eigenvalue weighted by Crippen LogP contribution is 2.10. The Morgan fingerprint density at radius 3 is 2.60 bits per heavy atom. The van der Waals surface area contributed by atoms with E-state index in [2.05, 4.69) is 10.6 Å². The fourth-order valence-corrected chi connectivity index (χ4v) is 1.69. The van der Waals surface area contributed by atoms with Gasteiger partial charge in [-0.2, -0.15) is 0 Å². The topological polar surface area (TPSA) is 78.4 Å². The number of rotatable bonds is 5. The number of aliphatic hydroxyl groups excluding tert-OH is 1. The number of hydrogen-bond acceptors (Lipinski definition) is 4. The van der Waals surface area contributed by atoms with Gasteiger partial charge in [-0.25, -0.2) is 0 Å². The molecule has 0 bridgehead atoms. The van der Waals surface area contributed by atoms with Crippen LogP contribution < -0.4 is 10.6 Å². The zero-order valence-corrected chi connectivity index (χ0v) is 9.12. The van der Waals surface area contributed by atoms with Gasteiger partial charge in [0.25, 0.3) is 0 Å². The summed E-state index contributed by atoms with van der Waals surface area (Å²) in [4.78, 5) is 22.2. The molecule has 5 heteroatoms. The van der Waals surface area contributed by atoms with E-state index in [1.54, 1.807) is 0 Å². The van der Waals surface area contributed by atoms with Crippen LogP contribution in [0.5, 0.6) is 0 Å². The quantitative estimate of drug-likeness (QED) is 0.534. The molecular weight excluding hydrogens is 196 g/mol. The van der Waals surface area contributed by atoms with Gasteiger partial charge in [0.2, 0.25) is 11.8 Å². The molecular formula is C10H18N2O3. The van der Waals surface area contributed by atoms with Gasteiger partial charge in [0.15, 0.2) is 0 Å². The summed E-state index contributed by atoms with van der Waals surface area (Å²) < 4.78 is 0. The summed E-state index contributed by atoms with van der Waals surface area (Å²) in [6.45, 7) is 4.11. The number of aliphatic hydroxyl groups is 1. The third-order valence-corrected chi connectivity index (χ3v) is 2.63. The van der Waals surface area contributed by atoms with Crippen molar-refractivity contribution in [2.45, 2.75) is 38.8 Å². The van der Waals surface area contributed by atoms with Gasteiger partial charge in [-0.15, -0.1) is 0 Å². The van der Waals surface area contributed by atoms with Crippen molar-refractivity contribution in [3.8, 4) is 0 Å². The molecule has 0 aromatic carbocycles. The molecule has 0 radical (unpaired) electrons. The molecule has 0 saturated carbocycles. The van der Waals surface area contributed by atoms with Crippen molar-refractivity contribution >= 4 is 11.8 Å². The van der Waals surface area contributed by atoms with E-state index in [-0.39, 0.29) is 30.9 Å². The molecule has 2 unspecified atom stereocenters. The second-order valence-electron chi connectivity index (χ2n) is 4.20. The average molecular weight is 214 g/mol. The molecule has 0 aromatic heterocycles. The normalized spacial score (nSPS) is 23.3. The van der Waals surface area contributed by atoms with Crippen molar-refractivity contribution < 1.29 is 14.7 Å². The molecule has 2 amide bonds. The van der Waals surface area contributed by atoms with Gasteiger partial charge in [-0.3, -0.25) is 14.9 Å². The Labute approximate surface area is 89.2 Å². The third kappa shape index (κ3) is 3.28. The molecule has 0 spiro atoms. The van der Waals surface area contributed by atoms with Crippen molar-refractivity contribution in [2.75, 3.05) is 6.61 Å². The molecule has 0 aliphatic carbocycles. The van der Waals surface area contributed by atoms with E-state index in [0.29, 0.717) is 12.3 Å². The fourth-order valence-electron chi connectivity index (χ4n) is 1.69. The first-order valence-corrected chi connectivity index (χ1v) is 5.25. The Morgan fingerprint density at radius 1 is 1.53 bits per heavy atom. The molecule has 1 fully saturated rings. The summed E-state index contributed by atoms with van der Waals surface area (Å²) in [7, 11) is 0. The molecule has 86 valence electrons. The van der Waals surface area contributed by atoms with E-state index < -0.39 is 6.04 Å². The maximum Gasteiger partial charge on any atom is 0.244 e. The van der Waals surface area contributed by atoms with Crippen LogP contribution in [0.25, 0.3) is 0 Å². The smallest absolute Gasteiger partial charge is 0.244 e. The van der Waals surface area contributed by atoms with Crippen LogP contribution in [0.15, 0.2) is 0 Å². The highest BCUT2D eigenvalue weighted by atomic mass is 16.3. The number of amides is 2. The molecule has 5 nitrogen and oxygen atoms in total. The van der Waals surface area contributed by atoms with E-state index in [4.69, 9.17) is 5.11 Å². The van der Waals surface area contributed by atoms with Crippen LogP contribution in [-0.2, 0) is 9.59 Å². The van der Waals surface area contributed by atoms with Crippen LogP contribution >= 0.6 is 0 Å². The van der Waals surface area contributed by atoms with Crippen LogP contribution in [0.2, 0.25) is 0 Å². The Balaban J connectivity index is 2.50. The standard InChI is InChI=1S/C10H18N2O3/c1-6(2)7(3-4-13)11-8-5-9(14)12-10(8)15/h6-8,11,13H,3-5H2,1-2H3,(H,12,14,15). The second-order valence-corrected chi connectivity index (χ2v) is 4.20. The minimum atomic E-state index is -0.434. The highest BCUT2D eigenvalue weighted by Gasteiger charge is 2.32. The third-order valence-electron chi connectivity index (χ3n) is 2.63. The first-order chi connectivity index (χ1) is 7.04. The van der Waals surface area contributed by atoms with E-state index in [9.17, 15) is 9.59 Å². The average Bonchev–Trinajstić information content (AvgIpc) is 2.44. The van der Waals surface area contributed by atoms with E-state index in [1.165, 1.54) is 0 Å². The Kier molecular flexibility index (Phi) is 4.23. The number of carbonyl (C=O) groups is 2. The summed E-state index contributed by atoms with van der Waals surface area (Å²) in [6.07, 6.45) is 0.795. The Bertz CT molecular complexity index is 253. The maximum atomic E-state index is 11.3. The van der Waals surface area contributed by atoms with E-state index in [1.807, 2.05) is 13.8 Å². The SMILES string of the molecule is CC(C)C(CCO)NC1CC(=O)NC1=O. The maximum absolute atomic E-state index is 11.3. The molecule has 3 N–H and O–H groups in total. The first-order valence-electron chi connectivity index (χ1n) is 5.25. The first kappa shape index (κ1) is 12.1. The molecule has 1 aliphatic heterocycles. The molecule has 1 saturated heterocycles. The fraction of sp³-hybridized carbons (Fsp3) is 0.800. The van der Waals surface area contributed by atoms with Gasteiger partial charge in [0.1, 0.15) is 0 Å². The van der Waals surface area contributed by atoms with Gasteiger partial charge >= 0.3 is 0 Å². The lowest BCUT2D eigenvalue weighted by molar-refractivity contribution is -0.125. The summed E-state index contributed by atoms with van der Waals surface area (Å²) in [6, 6.07) is -0.368. The van der Waals surface area contributed by atoms with Crippen LogP contribution in [-0.4, -0.2) is 35.6 Å². The predicted octanol–water partition coefficient (Wildman–Crippen LogP) is -0.602. The number of carbonyl (C=O) groups excluding carboxylic acids is 2. The largest absolute Gasteiger partial charge is 0.396 e. The zero-order chi connectivity index (χ0) is 11.4. The van der Waals surface area contributed by atoms with Crippen LogP contribution in [0.3, 0.4) is 0 Å². The van der Waals surface area contributed by atoms with Crippen molar-refractivity contribution in [2.24, 2.45) is 5.92 Å². The highest BCUT2D eigenvalue weighted by molar-refractivity contribution is 6.05. The second kappa shape index (κ2) is 5.23. The molecule has 0 aromatic rings. The zero-order valence-electron chi connectivity index (χ0n) is 9.12. The summed E-state index contributed by atoms with van der Waals surface area (Å²) in [5, 5.41) is 14.2. The lowest BCUT2D eigenvalue weighted by Crippen LogP contribution is -2.45. The lowest BCUT2D eigenvalue weighted by atomic mass is 10.00. The molecule has 15 heavy (non-hydrogen) atoms. The molecule has 2 atom stereocenters. The van der Waals surface area contributed by atoms with Crippen molar-refractivity contribution in [1.82, 2.24) is 10.6 Å². The molecule has 1 heterocycles. The van der Waals surface area contributed by atoms with Gasteiger partial charge in [0, 0.05) is 12.6 Å². The predicted molar refractivity (Wildman–Crippen MR) is 55.0 cm³/mol. The molecule has 1 aliphatic rings. The van der Waals surface area contributed by atoms with Gasteiger partial charge in [-0.1, -0.05) is 13.8 Å². The number of imide groups is 1. The monoisotopic (exact) mass is 214 g/mol. The van der Waals surface area contributed by atoms with Crippen LogP contribution in [0.1, 0.15) is 26.7 Å². The van der Waals surface area contributed by atoms with E-state index in [0.717, 1.165) is 0 Å². The van der Waals surface area contributed by atoms with Crippen molar-refractivity contribution in [3.05, 3.63) is 0 Å². The van der Waals surface area contributed by atoms with Gasteiger partial charge in [0.05, 0.1) is 12.5 Å². The minimum absolute atomic E-state index is 0.0663. The summed E-state index contributed by atoms with van der Waals surface area (Å²) in [5.74, 6) is -0.173. The molecule has 1 rings (SSSR count). The van der Waals surface area contributed by atoms with E-state index >= 15 is 0 Å².